The van der Waals surface area contributed by atoms with Crippen LogP contribution in [0.4, 0.5) is 5.82 Å². The largest absolute Gasteiger partial charge is 0.370 e. The molecule has 18 heavy (non-hydrogen) atoms. The molecular weight excluding hydrogens is 222 g/mol. The van der Waals surface area contributed by atoms with Crippen molar-refractivity contribution < 1.29 is 0 Å². The van der Waals surface area contributed by atoms with Crippen LogP contribution in [0.25, 0.3) is 0 Å². The summed E-state index contributed by atoms with van der Waals surface area (Å²) in [5, 5.41) is 3.45. The van der Waals surface area contributed by atoms with E-state index in [0.717, 1.165) is 18.3 Å². The van der Waals surface area contributed by atoms with Gasteiger partial charge in [0.15, 0.2) is 0 Å². The molecule has 1 aromatic heterocycles. The van der Waals surface area contributed by atoms with E-state index in [-0.39, 0.29) is 5.41 Å². The van der Waals surface area contributed by atoms with Gasteiger partial charge in [0.1, 0.15) is 5.82 Å². The first kappa shape index (κ1) is 13.3. The Labute approximate surface area is 111 Å². The minimum atomic E-state index is 0.180. The van der Waals surface area contributed by atoms with Gasteiger partial charge in [0.25, 0.3) is 0 Å². The minimum absolute atomic E-state index is 0.180. The fraction of sp³-hybridized carbons (Fsp3) is 0.667. The van der Waals surface area contributed by atoms with Crippen molar-refractivity contribution in [2.45, 2.75) is 32.6 Å². The molecule has 0 bridgehead atoms. The first-order valence-corrected chi connectivity index (χ1v) is 6.84. The standard InChI is InChI=1S/C15H25N3/c1-15(2,3)13-5-6-14(17-10-13)16-9-12-7-8-18(4)11-12/h5-6,10,12H,7-9,11H2,1-4H3,(H,16,17). The zero-order chi connectivity index (χ0) is 13.2. The molecule has 1 aromatic rings. The monoisotopic (exact) mass is 247 g/mol. The van der Waals surface area contributed by atoms with E-state index in [2.05, 4.69) is 55.2 Å². The van der Waals surface area contributed by atoms with Crippen molar-refractivity contribution in [1.29, 1.82) is 0 Å². The van der Waals surface area contributed by atoms with Crippen LogP contribution in [0, 0.1) is 5.92 Å². The number of nitrogens with zero attached hydrogens (tertiary/aromatic N) is 2. The number of hydrogen-bond acceptors (Lipinski definition) is 3. The van der Waals surface area contributed by atoms with Gasteiger partial charge in [-0.25, -0.2) is 4.98 Å². The number of pyridine rings is 1. The third-order valence-corrected chi connectivity index (χ3v) is 3.69. The van der Waals surface area contributed by atoms with Gasteiger partial charge in [-0.1, -0.05) is 26.8 Å². The molecule has 1 aliphatic rings. The molecule has 1 fully saturated rings. The van der Waals surface area contributed by atoms with Crippen LogP contribution in [0.15, 0.2) is 18.3 Å². The Hall–Kier alpha value is -1.09. The maximum Gasteiger partial charge on any atom is 0.125 e. The highest BCUT2D eigenvalue weighted by Crippen LogP contribution is 2.22. The van der Waals surface area contributed by atoms with Crippen LogP contribution in [0.1, 0.15) is 32.8 Å². The highest BCUT2D eigenvalue weighted by Gasteiger charge is 2.19. The summed E-state index contributed by atoms with van der Waals surface area (Å²) < 4.78 is 0. The van der Waals surface area contributed by atoms with Gasteiger partial charge in [0.05, 0.1) is 0 Å². The summed E-state index contributed by atoms with van der Waals surface area (Å²) in [5.74, 6) is 1.76. The SMILES string of the molecule is CN1CCC(CNc2ccc(C(C)(C)C)cn2)C1. The second kappa shape index (κ2) is 5.27. The van der Waals surface area contributed by atoms with Crippen molar-refractivity contribution in [3.05, 3.63) is 23.9 Å². The van der Waals surface area contributed by atoms with Gasteiger partial charge < -0.3 is 10.2 Å². The maximum absolute atomic E-state index is 4.50. The minimum Gasteiger partial charge on any atom is -0.370 e. The smallest absolute Gasteiger partial charge is 0.125 e. The fourth-order valence-corrected chi connectivity index (χ4v) is 2.38. The molecule has 1 unspecified atom stereocenters. The summed E-state index contributed by atoms with van der Waals surface area (Å²) in [6.45, 7) is 10.1. The van der Waals surface area contributed by atoms with Crippen molar-refractivity contribution in [3.63, 3.8) is 0 Å². The zero-order valence-corrected chi connectivity index (χ0v) is 12.0. The summed E-state index contributed by atoms with van der Waals surface area (Å²) in [6.07, 6.45) is 3.28. The molecule has 0 amide bonds. The van der Waals surface area contributed by atoms with E-state index in [1.165, 1.54) is 25.1 Å². The lowest BCUT2D eigenvalue weighted by molar-refractivity contribution is 0.399. The van der Waals surface area contributed by atoms with Crippen LogP contribution in [0.2, 0.25) is 0 Å². The van der Waals surface area contributed by atoms with Crippen LogP contribution >= 0.6 is 0 Å². The average molecular weight is 247 g/mol. The second-order valence-electron chi connectivity index (χ2n) is 6.48. The van der Waals surface area contributed by atoms with Gasteiger partial charge in [-0.3, -0.25) is 0 Å². The van der Waals surface area contributed by atoms with Gasteiger partial charge >= 0.3 is 0 Å². The predicted molar refractivity (Wildman–Crippen MR) is 77.0 cm³/mol. The molecule has 1 aliphatic heterocycles. The van der Waals surface area contributed by atoms with E-state index in [1.54, 1.807) is 0 Å². The molecule has 0 saturated carbocycles. The van der Waals surface area contributed by atoms with E-state index in [4.69, 9.17) is 0 Å². The van der Waals surface area contributed by atoms with Gasteiger partial charge in [-0.15, -0.1) is 0 Å². The van der Waals surface area contributed by atoms with E-state index < -0.39 is 0 Å². The Balaban J connectivity index is 1.87. The van der Waals surface area contributed by atoms with E-state index in [0.29, 0.717) is 0 Å². The molecule has 1 N–H and O–H groups in total. The number of rotatable bonds is 3. The van der Waals surface area contributed by atoms with Crippen molar-refractivity contribution >= 4 is 5.82 Å². The molecule has 3 heteroatoms. The number of hydrogen-bond donors (Lipinski definition) is 1. The molecule has 2 heterocycles. The highest BCUT2D eigenvalue weighted by atomic mass is 15.1. The Morgan fingerprint density at radius 3 is 2.67 bits per heavy atom. The molecule has 0 spiro atoms. The second-order valence-corrected chi connectivity index (χ2v) is 6.48. The summed E-state index contributed by atoms with van der Waals surface area (Å²) in [5.41, 5.74) is 1.47. The fourth-order valence-electron chi connectivity index (χ4n) is 2.38. The molecule has 0 aromatic carbocycles. The average Bonchev–Trinajstić information content (AvgIpc) is 2.72. The van der Waals surface area contributed by atoms with E-state index >= 15 is 0 Å². The summed E-state index contributed by atoms with van der Waals surface area (Å²) in [6, 6.07) is 4.27. The number of nitrogens with one attached hydrogen (secondary N) is 1. The summed E-state index contributed by atoms with van der Waals surface area (Å²) >= 11 is 0. The van der Waals surface area contributed by atoms with Gasteiger partial charge in [-0.05, 0) is 43.0 Å². The lowest BCUT2D eigenvalue weighted by Gasteiger charge is -2.19. The lowest BCUT2D eigenvalue weighted by Crippen LogP contribution is -2.19. The molecule has 1 saturated heterocycles. The van der Waals surface area contributed by atoms with Crippen LogP contribution in [-0.4, -0.2) is 36.6 Å². The third-order valence-electron chi connectivity index (χ3n) is 3.69. The number of aromatic nitrogens is 1. The van der Waals surface area contributed by atoms with Gasteiger partial charge in [-0.2, -0.15) is 0 Å². The zero-order valence-electron chi connectivity index (χ0n) is 12.0. The van der Waals surface area contributed by atoms with E-state index in [1.807, 2.05) is 6.20 Å². The van der Waals surface area contributed by atoms with Crippen molar-refractivity contribution in [3.8, 4) is 0 Å². The Morgan fingerprint density at radius 2 is 2.17 bits per heavy atom. The van der Waals surface area contributed by atoms with Crippen LogP contribution in [0.3, 0.4) is 0 Å². The third kappa shape index (κ3) is 3.45. The molecule has 0 aliphatic carbocycles. The van der Waals surface area contributed by atoms with Gasteiger partial charge in [0.2, 0.25) is 0 Å². The van der Waals surface area contributed by atoms with Crippen molar-refractivity contribution in [2.75, 3.05) is 32.0 Å². The van der Waals surface area contributed by atoms with Crippen LogP contribution < -0.4 is 5.32 Å². The van der Waals surface area contributed by atoms with E-state index in [9.17, 15) is 0 Å². The Kier molecular flexibility index (Phi) is 3.91. The molecule has 1 atom stereocenters. The lowest BCUT2D eigenvalue weighted by atomic mass is 9.88. The van der Waals surface area contributed by atoms with Crippen molar-refractivity contribution in [2.24, 2.45) is 5.92 Å². The number of likely N-dealkylation sites (tertiary alicyclic amines) is 1. The molecule has 100 valence electrons. The van der Waals surface area contributed by atoms with Gasteiger partial charge in [0, 0.05) is 19.3 Å². The predicted octanol–water partition coefficient (Wildman–Crippen LogP) is 2.74. The topological polar surface area (TPSA) is 28.2 Å². The molecule has 2 rings (SSSR count). The Morgan fingerprint density at radius 1 is 1.39 bits per heavy atom. The molecule has 0 radical (unpaired) electrons. The summed E-state index contributed by atoms with van der Waals surface area (Å²) in [7, 11) is 2.19. The first-order chi connectivity index (χ1) is 8.45. The van der Waals surface area contributed by atoms with Crippen molar-refractivity contribution in [1.82, 2.24) is 9.88 Å². The normalized spacial score (nSPS) is 21.2. The molecule has 3 nitrogen and oxygen atoms in total. The first-order valence-electron chi connectivity index (χ1n) is 6.84. The highest BCUT2D eigenvalue weighted by molar-refractivity contribution is 5.37. The summed E-state index contributed by atoms with van der Waals surface area (Å²) in [4.78, 5) is 6.89. The number of anilines is 1. The maximum atomic E-state index is 4.50. The Bertz CT molecular complexity index is 378. The molecular formula is C15H25N3. The van der Waals surface area contributed by atoms with Crippen LogP contribution in [-0.2, 0) is 5.41 Å². The quantitative estimate of drug-likeness (QED) is 0.890. The van der Waals surface area contributed by atoms with Crippen LogP contribution in [0.5, 0.6) is 0 Å².